The summed E-state index contributed by atoms with van der Waals surface area (Å²) in [5.41, 5.74) is 1.37. The Labute approximate surface area is 184 Å². The van der Waals surface area contributed by atoms with Crippen LogP contribution >= 0.6 is 11.6 Å². The molecular weight excluding hydrogens is 444 g/mol. The molecule has 2 aromatic carbocycles. The molecule has 0 bridgehead atoms. The van der Waals surface area contributed by atoms with E-state index in [0.717, 1.165) is 4.31 Å². The lowest BCUT2D eigenvalue weighted by Crippen LogP contribution is -2.23. The zero-order chi connectivity index (χ0) is 22.9. The Morgan fingerprint density at radius 1 is 1.13 bits per heavy atom. The minimum Gasteiger partial charge on any atom is -0.408 e. The predicted molar refractivity (Wildman–Crippen MR) is 119 cm³/mol. The topological polar surface area (TPSA) is 105 Å². The number of nitrogens with one attached hydrogen (secondary N) is 1. The number of carbonyl (C=O) groups excluding carboxylic acids is 1. The van der Waals surface area contributed by atoms with Gasteiger partial charge in [-0.3, -0.25) is 9.36 Å². The largest absolute Gasteiger partial charge is 0.419 e. The predicted octanol–water partition coefficient (Wildman–Crippen LogP) is 2.31. The summed E-state index contributed by atoms with van der Waals surface area (Å²) in [7, 11) is 2.87. The van der Waals surface area contributed by atoms with Gasteiger partial charge in [-0.15, -0.1) is 0 Å². The highest BCUT2D eigenvalue weighted by Gasteiger charge is 2.21. The highest BCUT2D eigenvalue weighted by atomic mass is 35.5. The van der Waals surface area contributed by atoms with Gasteiger partial charge < -0.3 is 14.6 Å². The van der Waals surface area contributed by atoms with Crippen molar-refractivity contribution in [1.82, 2.24) is 13.8 Å². The van der Waals surface area contributed by atoms with Gasteiger partial charge in [0, 0.05) is 32.9 Å². The summed E-state index contributed by atoms with van der Waals surface area (Å²) in [5.74, 6) is -1.06. The van der Waals surface area contributed by atoms with Gasteiger partial charge in [-0.25, -0.2) is 17.5 Å². The molecule has 3 rings (SSSR count). The van der Waals surface area contributed by atoms with Crippen molar-refractivity contribution in [2.45, 2.75) is 11.4 Å². The molecule has 0 saturated heterocycles. The number of nitrogens with zero attached hydrogens (tertiary/aromatic N) is 3. The number of carbonyl (C=O) groups is 1. The molecule has 11 heteroatoms. The number of rotatable bonds is 7. The van der Waals surface area contributed by atoms with E-state index in [4.69, 9.17) is 16.0 Å². The second-order valence-electron chi connectivity index (χ2n) is 7.39. The van der Waals surface area contributed by atoms with Gasteiger partial charge in [0.1, 0.15) is 0 Å². The van der Waals surface area contributed by atoms with E-state index in [9.17, 15) is 18.0 Å². The fourth-order valence-electron chi connectivity index (χ4n) is 2.90. The van der Waals surface area contributed by atoms with Crippen molar-refractivity contribution >= 4 is 44.3 Å². The fraction of sp³-hybridized carbons (Fsp3) is 0.300. The van der Waals surface area contributed by atoms with Crippen molar-refractivity contribution in [1.29, 1.82) is 0 Å². The molecule has 0 fully saturated rings. The van der Waals surface area contributed by atoms with E-state index in [1.54, 1.807) is 18.2 Å². The number of halogens is 1. The molecule has 166 valence electrons. The van der Waals surface area contributed by atoms with Crippen molar-refractivity contribution in [3.05, 3.63) is 57.5 Å². The lowest BCUT2D eigenvalue weighted by molar-refractivity contribution is 0.102. The van der Waals surface area contributed by atoms with E-state index >= 15 is 0 Å². The number of aromatic nitrogens is 1. The van der Waals surface area contributed by atoms with Gasteiger partial charge >= 0.3 is 5.76 Å². The molecule has 31 heavy (non-hydrogen) atoms. The number of oxazole rings is 1. The number of hydrogen-bond donors (Lipinski definition) is 1. The summed E-state index contributed by atoms with van der Waals surface area (Å²) in [6.45, 7) is 1.06. The average molecular weight is 467 g/mol. The fourth-order valence-corrected chi connectivity index (χ4v) is 4.03. The Balaban J connectivity index is 1.93. The monoisotopic (exact) mass is 466 g/mol. The lowest BCUT2D eigenvalue weighted by Gasteiger charge is -2.13. The highest BCUT2D eigenvalue weighted by molar-refractivity contribution is 7.89. The standard InChI is InChI=1S/C20H23ClN4O5S/c1-23(2)9-10-25-17-11-13(5-8-18(17)30-20(25)27)22-19(26)15-12-14(6-7-16(15)21)31(28,29)24(3)4/h5-8,11-12H,9-10H2,1-4H3,(H,22,26). The maximum atomic E-state index is 12.8. The lowest BCUT2D eigenvalue weighted by atomic mass is 10.2. The van der Waals surface area contributed by atoms with Crippen LogP contribution in [0.1, 0.15) is 10.4 Å². The highest BCUT2D eigenvalue weighted by Crippen LogP contribution is 2.24. The second-order valence-corrected chi connectivity index (χ2v) is 9.95. The molecule has 0 spiro atoms. The Bertz CT molecular complexity index is 1290. The van der Waals surface area contributed by atoms with Crippen molar-refractivity contribution in [3.63, 3.8) is 0 Å². The molecule has 1 N–H and O–H groups in total. The SMILES string of the molecule is CN(C)CCn1c(=O)oc2ccc(NC(=O)c3cc(S(=O)(=O)N(C)C)ccc3Cl)cc21. The maximum absolute atomic E-state index is 12.8. The van der Waals surface area contributed by atoms with E-state index in [1.807, 2.05) is 19.0 Å². The number of fused-ring (bicyclic) bond motifs is 1. The Kier molecular flexibility index (Phi) is 6.56. The van der Waals surface area contributed by atoms with Gasteiger partial charge in [-0.2, -0.15) is 0 Å². The summed E-state index contributed by atoms with van der Waals surface area (Å²) in [6.07, 6.45) is 0. The molecule has 1 heterocycles. The van der Waals surface area contributed by atoms with Gasteiger partial charge in [0.25, 0.3) is 5.91 Å². The zero-order valence-corrected chi connectivity index (χ0v) is 19.1. The van der Waals surface area contributed by atoms with E-state index in [-0.39, 0.29) is 15.5 Å². The number of likely N-dealkylation sites (N-methyl/N-ethyl adjacent to an activating group) is 1. The first kappa shape index (κ1) is 23.0. The van der Waals surface area contributed by atoms with Gasteiger partial charge in [-0.05, 0) is 50.5 Å². The first-order valence-corrected chi connectivity index (χ1v) is 11.1. The molecule has 1 amide bonds. The first-order valence-electron chi connectivity index (χ1n) is 9.32. The summed E-state index contributed by atoms with van der Waals surface area (Å²) in [6, 6.07) is 8.75. The van der Waals surface area contributed by atoms with Gasteiger partial charge in [-0.1, -0.05) is 11.6 Å². The third-order valence-electron chi connectivity index (χ3n) is 4.66. The molecule has 0 unspecified atom stereocenters. The second kappa shape index (κ2) is 8.83. The molecule has 0 atom stereocenters. The number of anilines is 1. The summed E-state index contributed by atoms with van der Waals surface area (Å²) >= 11 is 6.15. The van der Waals surface area contributed by atoms with E-state index in [1.165, 1.54) is 36.9 Å². The van der Waals surface area contributed by atoms with Crippen molar-refractivity contribution in [3.8, 4) is 0 Å². The summed E-state index contributed by atoms with van der Waals surface area (Å²) in [5, 5.41) is 2.81. The first-order chi connectivity index (χ1) is 14.5. The summed E-state index contributed by atoms with van der Waals surface area (Å²) in [4.78, 5) is 26.9. The minimum absolute atomic E-state index is 0.0156. The van der Waals surface area contributed by atoms with Gasteiger partial charge in [0.05, 0.1) is 21.0 Å². The molecule has 0 saturated carbocycles. The van der Waals surface area contributed by atoms with Crippen LogP contribution in [0.4, 0.5) is 5.69 Å². The quantitative estimate of drug-likeness (QED) is 0.573. The van der Waals surface area contributed by atoms with Crippen LogP contribution in [0.15, 0.2) is 50.5 Å². The smallest absolute Gasteiger partial charge is 0.408 e. The van der Waals surface area contributed by atoms with Crippen LogP contribution in [0.25, 0.3) is 11.1 Å². The van der Waals surface area contributed by atoms with E-state index < -0.39 is 21.7 Å². The van der Waals surface area contributed by atoms with E-state index in [2.05, 4.69) is 5.32 Å². The number of hydrogen-bond acceptors (Lipinski definition) is 6. The Morgan fingerprint density at radius 3 is 2.48 bits per heavy atom. The van der Waals surface area contributed by atoms with Crippen LogP contribution in [0, 0.1) is 0 Å². The van der Waals surface area contributed by atoms with E-state index in [0.29, 0.717) is 29.9 Å². The third-order valence-corrected chi connectivity index (χ3v) is 6.80. The zero-order valence-electron chi connectivity index (χ0n) is 17.5. The number of benzene rings is 2. The van der Waals surface area contributed by atoms with Crippen LogP contribution < -0.4 is 11.1 Å². The molecule has 0 aliphatic rings. The summed E-state index contributed by atoms with van der Waals surface area (Å²) < 4.78 is 32.5. The molecule has 0 aliphatic carbocycles. The minimum atomic E-state index is -3.73. The average Bonchev–Trinajstić information content (AvgIpc) is 3.00. The normalized spacial score (nSPS) is 12.1. The van der Waals surface area contributed by atoms with Crippen molar-refractivity contribution in [2.24, 2.45) is 0 Å². The van der Waals surface area contributed by atoms with Crippen molar-refractivity contribution in [2.75, 3.05) is 40.1 Å². The molecule has 1 aromatic heterocycles. The van der Waals surface area contributed by atoms with Crippen LogP contribution in [0.5, 0.6) is 0 Å². The number of sulfonamides is 1. The molecule has 9 nitrogen and oxygen atoms in total. The third kappa shape index (κ3) is 4.82. The van der Waals surface area contributed by atoms with Gasteiger partial charge in [0.2, 0.25) is 10.0 Å². The molecular formula is C20H23ClN4O5S. The number of amides is 1. The Hall–Kier alpha value is -2.66. The van der Waals surface area contributed by atoms with Crippen LogP contribution in [-0.4, -0.2) is 62.8 Å². The van der Waals surface area contributed by atoms with Crippen molar-refractivity contribution < 1.29 is 17.6 Å². The van der Waals surface area contributed by atoms with Crippen LogP contribution in [0.3, 0.4) is 0 Å². The Morgan fingerprint density at radius 2 is 1.84 bits per heavy atom. The van der Waals surface area contributed by atoms with Crippen LogP contribution in [0.2, 0.25) is 5.02 Å². The van der Waals surface area contributed by atoms with Gasteiger partial charge in [0.15, 0.2) is 5.58 Å². The van der Waals surface area contributed by atoms with Crippen LogP contribution in [-0.2, 0) is 16.6 Å². The molecule has 0 aliphatic heterocycles. The maximum Gasteiger partial charge on any atom is 0.419 e. The molecule has 3 aromatic rings. The molecule has 0 radical (unpaired) electrons.